The first-order chi connectivity index (χ1) is 14.1. The van der Waals surface area contributed by atoms with Crippen molar-refractivity contribution in [3.63, 3.8) is 0 Å². The second-order valence-electron chi connectivity index (χ2n) is 7.54. The molecular formula is C22H32FN5O. The molecule has 1 aromatic heterocycles. The molecule has 0 spiro atoms. The predicted octanol–water partition coefficient (Wildman–Crippen LogP) is 4.05. The minimum Gasteiger partial charge on any atom is -0.371 e. The highest BCUT2D eigenvalue weighted by atomic mass is 19.1. The van der Waals surface area contributed by atoms with Crippen molar-refractivity contribution >= 4 is 11.6 Å². The van der Waals surface area contributed by atoms with Gasteiger partial charge in [-0.3, -0.25) is 4.99 Å². The minimum absolute atomic E-state index is 0.188. The van der Waals surface area contributed by atoms with Crippen LogP contribution in [-0.4, -0.2) is 37.3 Å². The van der Waals surface area contributed by atoms with E-state index in [1.807, 2.05) is 12.1 Å². The molecule has 0 bridgehead atoms. The molecule has 0 amide bonds. The number of nitrogens with one attached hydrogen (secondary N) is 2. The van der Waals surface area contributed by atoms with Crippen LogP contribution in [-0.2, 0) is 6.54 Å². The molecule has 29 heavy (non-hydrogen) atoms. The van der Waals surface area contributed by atoms with Gasteiger partial charge in [0.15, 0.2) is 11.7 Å². The molecule has 1 aliphatic heterocycles. The van der Waals surface area contributed by atoms with Gasteiger partial charge in [0.25, 0.3) is 0 Å². The van der Waals surface area contributed by atoms with Crippen molar-refractivity contribution in [2.75, 3.05) is 25.0 Å². The van der Waals surface area contributed by atoms with Crippen molar-refractivity contribution in [3.05, 3.63) is 47.6 Å². The first-order valence-electron chi connectivity index (χ1n) is 10.6. The number of aromatic nitrogens is 1. The lowest BCUT2D eigenvalue weighted by molar-refractivity contribution is 0.367. The molecule has 2 heterocycles. The second-order valence-corrected chi connectivity index (χ2v) is 7.54. The van der Waals surface area contributed by atoms with Crippen molar-refractivity contribution in [3.8, 4) is 0 Å². The van der Waals surface area contributed by atoms with Crippen LogP contribution < -0.4 is 15.5 Å². The topological polar surface area (TPSA) is 65.7 Å². The monoisotopic (exact) mass is 401 g/mol. The number of hydrogen-bond donors (Lipinski definition) is 2. The van der Waals surface area contributed by atoms with E-state index in [4.69, 9.17) is 4.52 Å². The summed E-state index contributed by atoms with van der Waals surface area (Å²) in [5.74, 6) is 1.84. The molecular weight excluding hydrogens is 369 g/mol. The maximum absolute atomic E-state index is 13.5. The minimum atomic E-state index is -0.188. The van der Waals surface area contributed by atoms with Gasteiger partial charge < -0.3 is 20.1 Å². The van der Waals surface area contributed by atoms with E-state index in [2.05, 4.69) is 39.5 Å². The quantitative estimate of drug-likeness (QED) is 0.541. The van der Waals surface area contributed by atoms with Gasteiger partial charge in [0.2, 0.25) is 0 Å². The van der Waals surface area contributed by atoms with Gasteiger partial charge >= 0.3 is 0 Å². The summed E-state index contributed by atoms with van der Waals surface area (Å²) in [6, 6.07) is 9.18. The number of anilines is 1. The fourth-order valence-corrected chi connectivity index (χ4v) is 3.83. The lowest BCUT2D eigenvalue weighted by atomic mass is 9.99. The van der Waals surface area contributed by atoms with E-state index >= 15 is 0 Å². The lowest BCUT2D eigenvalue weighted by Crippen LogP contribution is -2.48. The number of nitrogens with zero attached hydrogens (tertiary/aromatic N) is 3. The third kappa shape index (κ3) is 5.71. The number of piperidine rings is 1. The summed E-state index contributed by atoms with van der Waals surface area (Å²) < 4.78 is 18.9. The Labute approximate surface area is 172 Å². The fraction of sp³-hybridized carbons (Fsp3) is 0.545. The van der Waals surface area contributed by atoms with Crippen LogP contribution in [0.15, 0.2) is 39.8 Å². The molecule has 6 nitrogen and oxygen atoms in total. The Hall–Kier alpha value is -2.57. The second kappa shape index (κ2) is 10.3. The lowest BCUT2D eigenvalue weighted by Gasteiger charge is -2.34. The maximum Gasteiger partial charge on any atom is 0.191 e. The molecule has 1 aliphatic rings. The molecule has 3 rings (SSSR count). The Kier molecular flexibility index (Phi) is 7.49. The highest BCUT2D eigenvalue weighted by Crippen LogP contribution is 2.23. The molecule has 0 unspecified atom stereocenters. The van der Waals surface area contributed by atoms with Crippen molar-refractivity contribution in [2.45, 2.75) is 58.0 Å². The standard InChI is InChI=1S/C22H32FN5O/c1-4-16(5-2)21-14-20(29-27-21)15-25-22(24-3)26-18-9-11-28(12-10-18)19-8-6-7-17(23)13-19/h6-8,13-14,16,18H,4-5,9-12,15H2,1-3H3,(H2,24,25,26). The Bertz CT molecular complexity index is 794. The third-order valence-corrected chi connectivity index (χ3v) is 5.64. The molecule has 2 N–H and O–H groups in total. The average molecular weight is 402 g/mol. The van der Waals surface area contributed by atoms with Gasteiger partial charge in [-0.15, -0.1) is 0 Å². The Morgan fingerprint density at radius 3 is 2.69 bits per heavy atom. The zero-order valence-electron chi connectivity index (χ0n) is 17.6. The highest BCUT2D eigenvalue weighted by Gasteiger charge is 2.21. The van der Waals surface area contributed by atoms with E-state index in [9.17, 15) is 4.39 Å². The summed E-state index contributed by atoms with van der Waals surface area (Å²) in [5.41, 5.74) is 1.98. The van der Waals surface area contributed by atoms with Gasteiger partial charge in [0, 0.05) is 43.9 Å². The first-order valence-corrected chi connectivity index (χ1v) is 10.6. The zero-order chi connectivity index (χ0) is 20.6. The van der Waals surface area contributed by atoms with Crippen molar-refractivity contribution in [2.24, 2.45) is 4.99 Å². The summed E-state index contributed by atoms with van der Waals surface area (Å²) in [6.45, 7) is 6.67. The predicted molar refractivity (Wildman–Crippen MR) is 115 cm³/mol. The summed E-state index contributed by atoms with van der Waals surface area (Å²) in [7, 11) is 1.77. The van der Waals surface area contributed by atoms with Gasteiger partial charge in [-0.1, -0.05) is 25.1 Å². The normalized spacial score (nSPS) is 15.8. The first kappa shape index (κ1) is 21.1. The zero-order valence-corrected chi connectivity index (χ0v) is 17.6. The third-order valence-electron chi connectivity index (χ3n) is 5.64. The Morgan fingerprint density at radius 1 is 1.28 bits per heavy atom. The Balaban J connectivity index is 1.46. The summed E-state index contributed by atoms with van der Waals surface area (Å²) in [6.07, 6.45) is 4.07. The van der Waals surface area contributed by atoms with Crippen LogP contribution in [0.1, 0.15) is 56.9 Å². The largest absolute Gasteiger partial charge is 0.371 e. The summed E-state index contributed by atoms with van der Waals surface area (Å²) in [4.78, 5) is 6.56. The number of hydrogen-bond acceptors (Lipinski definition) is 4. The van der Waals surface area contributed by atoms with Gasteiger partial charge in [0.1, 0.15) is 5.82 Å². The molecule has 1 fully saturated rings. The van der Waals surface area contributed by atoms with Crippen LogP contribution in [0.25, 0.3) is 0 Å². The number of halogens is 1. The molecule has 0 atom stereocenters. The van der Waals surface area contributed by atoms with E-state index in [1.165, 1.54) is 6.07 Å². The SMILES string of the molecule is CCC(CC)c1cc(CNC(=NC)NC2CCN(c3cccc(F)c3)CC2)on1. The van der Waals surface area contributed by atoms with E-state index in [0.29, 0.717) is 18.5 Å². The molecule has 7 heteroatoms. The van der Waals surface area contributed by atoms with Gasteiger partial charge in [-0.25, -0.2) is 4.39 Å². The van der Waals surface area contributed by atoms with Gasteiger partial charge in [0.05, 0.1) is 12.2 Å². The van der Waals surface area contributed by atoms with Crippen molar-refractivity contribution < 1.29 is 8.91 Å². The summed E-state index contributed by atoms with van der Waals surface area (Å²) in [5, 5.41) is 11.0. The number of aliphatic imine (C=N–C) groups is 1. The van der Waals surface area contributed by atoms with Crippen LogP contribution in [0, 0.1) is 5.82 Å². The van der Waals surface area contributed by atoms with Crippen LogP contribution in [0.2, 0.25) is 0 Å². The number of rotatable bonds is 7. The smallest absolute Gasteiger partial charge is 0.191 e. The van der Waals surface area contributed by atoms with E-state index in [0.717, 1.165) is 61.9 Å². The van der Waals surface area contributed by atoms with Crippen LogP contribution in [0.5, 0.6) is 0 Å². The van der Waals surface area contributed by atoms with E-state index in [-0.39, 0.29) is 5.82 Å². The number of guanidine groups is 1. The molecule has 158 valence electrons. The van der Waals surface area contributed by atoms with E-state index < -0.39 is 0 Å². The molecule has 1 aromatic carbocycles. The highest BCUT2D eigenvalue weighted by molar-refractivity contribution is 5.79. The van der Waals surface area contributed by atoms with Crippen molar-refractivity contribution in [1.82, 2.24) is 15.8 Å². The average Bonchev–Trinajstić information content (AvgIpc) is 3.21. The molecule has 1 saturated heterocycles. The van der Waals surface area contributed by atoms with Crippen LogP contribution >= 0.6 is 0 Å². The maximum atomic E-state index is 13.5. The molecule has 0 radical (unpaired) electrons. The van der Waals surface area contributed by atoms with Gasteiger partial charge in [-0.05, 0) is 43.9 Å². The fourth-order valence-electron chi connectivity index (χ4n) is 3.83. The van der Waals surface area contributed by atoms with Crippen LogP contribution in [0.3, 0.4) is 0 Å². The Morgan fingerprint density at radius 2 is 2.03 bits per heavy atom. The van der Waals surface area contributed by atoms with Gasteiger partial charge in [-0.2, -0.15) is 0 Å². The molecule has 0 aliphatic carbocycles. The summed E-state index contributed by atoms with van der Waals surface area (Å²) >= 11 is 0. The molecule has 2 aromatic rings. The van der Waals surface area contributed by atoms with Crippen molar-refractivity contribution in [1.29, 1.82) is 0 Å². The number of benzene rings is 1. The van der Waals surface area contributed by atoms with Crippen LogP contribution in [0.4, 0.5) is 10.1 Å². The molecule has 0 saturated carbocycles. The van der Waals surface area contributed by atoms with E-state index in [1.54, 1.807) is 19.2 Å².